The first-order valence-electron chi connectivity index (χ1n) is 10.2. The van der Waals surface area contributed by atoms with E-state index in [0.29, 0.717) is 38.9 Å². The van der Waals surface area contributed by atoms with E-state index >= 15 is 0 Å². The van der Waals surface area contributed by atoms with Gasteiger partial charge in [-0.15, -0.1) is 0 Å². The summed E-state index contributed by atoms with van der Waals surface area (Å²) < 4.78 is 1.50. The summed E-state index contributed by atoms with van der Waals surface area (Å²) in [7, 11) is 0. The second kappa shape index (κ2) is 8.84. The number of hydrogen-bond donors (Lipinski definition) is 3. The normalized spacial score (nSPS) is 13.2. The number of amidine groups is 1. The molecule has 0 radical (unpaired) electrons. The first kappa shape index (κ1) is 21.6. The highest BCUT2D eigenvalue weighted by Crippen LogP contribution is 2.25. The van der Waals surface area contributed by atoms with Gasteiger partial charge >= 0.3 is 0 Å². The molecule has 2 amide bonds. The van der Waals surface area contributed by atoms with E-state index < -0.39 is 0 Å². The third kappa shape index (κ3) is 4.36. The fourth-order valence-corrected chi connectivity index (χ4v) is 3.98. The minimum atomic E-state index is -0.381. The van der Waals surface area contributed by atoms with E-state index in [1.807, 2.05) is 0 Å². The lowest BCUT2D eigenvalue weighted by Crippen LogP contribution is -2.27. The molecule has 4 rings (SSSR count). The molecule has 0 unspecified atom stereocenters. The second-order valence-electron chi connectivity index (χ2n) is 7.69. The van der Waals surface area contributed by atoms with Crippen LogP contribution in [-0.4, -0.2) is 45.4 Å². The van der Waals surface area contributed by atoms with Crippen LogP contribution in [0.1, 0.15) is 44.9 Å². The predicted octanol–water partition coefficient (Wildman–Crippen LogP) is 3.61. The highest BCUT2D eigenvalue weighted by molar-refractivity contribution is 6.34. The van der Waals surface area contributed by atoms with Gasteiger partial charge in [0.2, 0.25) is 0 Å². The van der Waals surface area contributed by atoms with Crippen LogP contribution in [-0.2, 0) is 0 Å². The van der Waals surface area contributed by atoms with Gasteiger partial charge in [0.15, 0.2) is 0 Å². The Labute approximate surface area is 190 Å². The number of rotatable bonds is 5. The average Bonchev–Trinajstić information content (AvgIpc) is 3.43. The highest BCUT2D eigenvalue weighted by Gasteiger charge is 2.22. The maximum Gasteiger partial charge on any atom is 0.274 e. The van der Waals surface area contributed by atoms with Crippen LogP contribution in [0.2, 0.25) is 5.02 Å². The molecular weight excluding hydrogens is 428 g/mol. The maximum absolute atomic E-state index is 13.0. The van der Waals surface area contributed by atoms with Crippen LogP contribution < -0.4 is 11.1 Å². The molecule has 0 bridgehead atoms. The second-order valence-corrected chi connectivity index (χ2v) is 8.10. The van der Waals surface area contributed by atoms with E-state index in [2.05, 4.69) is 10.4 Å². The molecule has 1 aromatic heterocycles. The van der Waals surface area contributed by atoms with Crippen molar-refractivity contribution < 1.29 is 9.59 Å². The minimum absolute atomic E-state index is 0.0695. The number of halogens is 1. The Kier molecular flexibility index (Phi) is 5.96. The van der Waals surface area contributed by atoms with Gasteiger partial charge in [0.05, 0.1) is 22.0 Å². The van der Waals surface area contributed by atoms with Gasteiger partial charge in [0, 0.05) is 24.3 Å². The molecule has 9 heteroatoms. The van der Waals surface area contributed by atoms with E-state index in [1.54, 1.807) is 60.4 Å². The van der Waals surface area contributed by atoms with Gasteiger partial charge in [-0.1, -0.05) is 23.7 Å². The molecule has 2 aromatic carbocycles. The van der Waals surface area contributed by atoms with Crippen LogP contribution in [0.5, 0.6) is 0 Å². The van der Waals surface area contributed by atoms with E-state index in [4.69, 9.17) is 22.7 Å². The summed E-state index contributed by atoms with van der Waals surface area (Å²) >= 11 is 6.36. The van der Waals surface area contributed by atoms with Crippen LogP contribution in [0, 0.1) is 12.3 Å². The van der Waals surface area contributed by atoms with E-state index in [9.17, 15) is 9.59 Å². The van der Waals surface area contributed by atoms with Gasteiger partial charge in [-0.25, -0.2) is 4.68 Å². The smallest absolute Gasteiger partial charge is 0.274 e. The van der Waals surface area contributed by atoms with Crippen molar-refractivity contribution in [3.8, 4) is 5.69 Å². The van der Waals surface area contributed by atoms with Crippen LogP contribution in [0.3, 0.4) is 0 Å². The van der Waals surface area contributed by atoms with Crippen molar-refractivity contribution in [2.75, 3.05) is 18.4 Å². The van der Waals surface area contributed by atoms with Crippen molar-refractivity contribution in [2.24, 2.45) is 5.73 Å². The van der Waals surface area contributed by atoms with Crippen molar-refractivity contribution in [3.63, 3.8) is 0 Å². The molecule has 0 saturated carbocycles. The van der Waals surface area contributed by atoms with Gasteiger partial charge in [-0.3, -0.25) is 15.0 Å². The Balaban J connectivity index is 1.57. The van der Waals surface area contributed by atoms with E-state index in [1.165, 1.54) is 4.68 Å². The zero-order valence-corrected chi connectivity index (χ0v) is 18.3. The molecule has 8 nitrogen and oxygen atoms in total. The fourth-order valence-electron chi connectivity index (χ4n) is 3.72. The summed E-state index contributed by atoms with van der Waals surface area (Å²) in [6.07, 6.45) is 2.00. The Bertz CT molecular complexity index is 1210. The largest absolute Gasteiger partial charge is 0.384 e. The molecule has 164 valence electrons. The van der Waals surface area contributed by atoms with E-state index in [-0.39, 0.29) is 17.6 Å². The Morgan fingerprint density at radius 3 is 2.56 bits per heavy atom. The number of nitrogens with two attached hydrogens (primary N) is 1. The van der Waals surface area contributed by atoms with Gasteiger partial charge in [-0.05, 0) is 56.2 Å². The summed E-state index contributed by atoms with van der Waals surface area (Å²) in [5, 5.41) is 15.2. The van der Waals surface area contributed by atoms with Crippen LogP contribution >= 0.6 is 11.6 Å². The zero-order valence-electron chi connectivity index (χ0n) is 17.6. The summed E-state index contributed by atoms with van der Waals surface area (Å²) in [4.78, 5) is 27.4. The molecule has 3 aromatic rings. The number of aromatic nitrogens is 2. The quantitative estimate of drug-likeness (QED) is 0.406. The molecule has 32 heavy (non-hydrogen) atoms. The summed E-state index contributed by atoms with van der Waals surface area (Å²) in [5.74, 6) is -0.544. The number of aryl methyl sites for hydroxylation is 1. The van der Waals surface area contributed by atoms with Crippen molar-refractivity contribution in [1.29, 1.82) is 5.41 Å². The minimum Gasteiger partial charge on any atom is -0.384 e. The fraction of sp³-hybridized carbons (Fsp3) is 0.217. The standard InChI is InChI=1S/C23H23ClN6O2/c1-14-11-20(30(28-14)17-6-4-5-15(12-17)21(25)26)22(31)27-16-7-8-18(19(24)13-16)23(32)29-9-2-3-10-29/h4-8,11-13H,2-3,9-10H2,1H3,(H3,25,26)(H,27,31). The molecule has 1 saturated heterocycles. The Hall–Kier alpha value is -3.65. The monoisotopic (exact) mass is 450 g/mol. The number of carbonyl (C=O) groups is 2. The maximum atomic E-state index is 13.0. The SMILES string of the molecule is Cc1cc(C(=O)Nc2ccc(C(=O)N3CCCC3)c(Cl)c2)n(-c2cccc(C(=N)N)c2)n1. The zero-order chi connectivity index (χ0) is 22.8. The topological polar surface area (TPSA) is 117 Å². The lowest BCUT2D eigenvalue weighted by molar-refractivity contribution is 0.0793. The molecule has 1 fully saturated rings. The molecule has 1 aliphatic rings. The summed E-state index contributed by atoms with van der Waals surface area (Å²) in [6.45, 7) is 3.27. The average molecular weight is 451 g/mol. The molecule has 1 aliphatic heterocycles. The first-order valence-corrected chi connectivity index (χ1v) is 10.6. The van der Waals surface area contributed by atoms with Gasteiger partial charge in [0.1, 0.15) is 11.5 Å². The van der Waals surface area contributed by atoms with Crippen LogP contribution in [0.15, 0.2) is 48.5 Å². The molecule has 0 atom stereocenters. The number of hydrogen-bond acceptors (Lipinski definition) is 4. The lowest BCUT2D eigenvalue weighted by Gasteiger charge is -2.16. The molecule has 0 aliphatic carbocycles. The number of benzene rings is 2. The van der Waals surface area contributed by atoms with E-state index in [0.717, 1.165) is 25.9 Å². The van der Waals surface area contributed by atoms with Gasteiger partial charge < -0.3 is 16.0 Å². The first-order chi connectivity index (χ1) is 15.3. The predicted molar refractivity (Wildman–Crippen MR) is 124 cm³/mol. The van der Waals surface area contributed by atoms with Gasteiger partial charge in [-0.2, -0.15) is 5.10 Å². The van der Waals surface area contributed by atoms with Gasteiger partial charge in [0.25, 0.3) is 11.8 Å². The highest BCUT2D eigenvalue weighted by atomic mass is 35.5. The molecule has 0 spiro atoms. The molecule has 2 heterocycles. The number of carbonyl (C=O) groups excluding carboxylic acids is 2. The molecule has 4 N–H and O–H groups in total. The third-order valence-corrected chi connectivity index (χ3v) is 5.63. The number of nitrogens with one attached hydrogen (secondary N) is 2. The Morgan fingerprint density at radius 1 is 1.12 bits per heavy atom. The molecular formula is C23H23ClN6O2. The summed E-state index contributed by atoms with van der Waals surface area (Å²) in [6, 6.07) is 13.5. The van der Waals surface area contributed by atoms with Crippen molar-refractivity contribution in [3.05, 3.63) is 76.1 Å². The van der Waals surface area contributed by atoms with Crippen LogP contribution in [0.4, 0.5) is 5.69 Å². The number of likely N-dealkylation sites (tertiary alicyclic amines) is 1. The number of anilines is 1. The van der Waals surface area contributed by atoms with Crippen molar-refractivity contribution in [2.45, 2.75) is 19.8 Å². The number of nitrogen functional groups attached to an aromatic ring is 1. The Morgan fingerprint density at radius 2 is 1.88 bits per heavy atom. The lowest BCUT2D eigenvalue weighted by atomic mass is 10.1. The number of nitrogens with zero attached hydrogens (tertiary/aromatic N) is 3. The van der Waals surface area contributed by atoms with Crippen molar-refractivity contribution >= 4 is 34.9 Å². The number of amides is 2. The van der Waals surface area contributed by atoms with Crippen LogP contribution in [0.25, 0.3) is 5.69 Å². The van der Waals surface area contributed by atoms with Crippen molar-refractivity contribution in [1.82, 2.24) is 14.7 Å². The third-order valence-electron chi connectivity index (χ3n) is 5.32. The summed E-state index contributed by atoms with van der Waals surface area (Å²) in [5.41, 5.74) is 8.61.